The first-order valence-corrected chi connectivity index (χ1v) is 5.89. The molecule has 0 bridgehead atoms. The number of nitrogens with zero attached hydrogens (tertiary/aromatic N) is 1. The Labute approximate surface area is 106 Å². The van der Waals surface area contributed by atoms with Gasteiger partial charge in [-0.3, -0.25) is 9.59 Å². The van der Waals surface area contributed by atoms with Gasteiger partial charge in [0.25, 0.3) is 0 Å². The van der Waals surface area contributed by atoms with Crippen molar-refractivity contribution < 1.29 is 14.3 Å². The van der Waals surface area contributed by atoms with Gasteiger partial charge in [-0.2, -0.15) is 0 Å². The average Bonchev–Trinajstić information content (AvgIpc) is 2.27. The summed E-state index contributed by atoms with van der Waals surface area (Å²) in [7, 11) is 0. The SMILES string of the molecule is CC(C)OC(=O)CN1CC(=O)Nc2ccccc21. The smallest absolute Gasteiger partial charge is 0.325 e. The second-order valence-corrected chi connectivity index (χ2v) is 4.46. The van der Waals surface area contributed by atoms with Crippen molar-refractivity contribution in [2.45, 2.75) is 20.0 Å². The van der Waals surface area contributed by atoms with Crippen molar-refractivity contribution in [2.75, 3.05) is 23.3 Å². The molecule has 0 fully saturated rings. The summed E-state index contributed by atoms with van der Waals surface area (Å²) in [6, 6.07) is 7.40. The summed E-state index contributed by atoms with van der Waals surface area (Å²) in [6.07, 6.45) is -0.147. The molecule has 0 unspecified atom stereocenters. The highest BCUT2D eigenvalue weighted by Crippen LogP contribution is 2.28. The Morgan fingerprint density at radius 2 is 2.17 bits per heavy atom. The van der Waals surface area contributed by atoms with Crippen molar-refractivity contribution >= 4 is 23.3 Å². The maximum absolute atomic E-state index is 11.6. The molecule has 0 spiro atoms. The third kappa shape index (κ3) is 2.80. The molecule has 1 aliphatic rings. The van der Waals surface area contributed by atoms with Crippen LogP contribution >= 0.6 is 0 Å². The molecule has 0 aromatic heterocycles. The number of benzene rings is 1. The molecule has 96 valence electrons. The zero-order chi connectivity index (χ0) is 13.1. The fraction of sp³-hybridized carbons (Fsp3) is 0.385. The second-order valence-electron chi connectivity index (χ2n) is 4.46. The highest BCUT2D eigenvalue weighted by atomic mass is 16.5. The minimum atomic E-state index is -0.325. The molecule has 2 rings (SSSR count). The van der Waals surface area contributed by atoms with Gasteiger partial charge in [-0.1, -0.05) is 12.1 Å². The summed E-state index contributed by atoms with van der Waals surface area (Å²) in [6.45, 7) is 3.86. The largest absolute Gasteiger partial charge is 0.462 e. The molecule has 5 nitrogen and oxygen atoms in total. The lowest BCUT2D eigenvalue weighted by Gasteiger charge is -2.30. The Kier molecular flexibility index (Phi) is 3.50. The zero-order valence-electron chi connectivity index (χ0n) is 10.5. The number of amides is 1. The minimum absolute atomic E-state index is 0.0859. The molecule has 1 heterocycles. The van der Waals surface area contributed by atoms with E-state index in [0.29, 0.717) is 0 Å². The zero-order valence-corrected chi connectivity index (χ0v) is 10.5. The fourth-order valence-electron chi connectivity index (χ4n) is 1.90. The molecular formula is C13H16N2O3. The molecule has 0 aliphatic carbocycles. The number of ether oxygens (including phenoxy) is 1. The van der Waals surface area contributed by atoms with Crippen molar-refractivity contribution in [2.24, 2.45) is 0 Å². The summed E-state index contributed by atoms with van der Waals surface area (Å²) in [5, 5.41) is 2.77. The van der Waals surface area contributed by atoms with E-state index in [1.807, 2.05) is 24.3 Å². The van der Waals surface area contributed by atoms with E-state index in [1.165, 1.54) is 0 Å². The molecular weight excluding hydrogens is 232 g/mol. The van der Waals surface area contributed by atoms with Crippen LogP contribution in [-0.4, -0.2) is 31.1 Å². The normalized spacial score (nSPS) is 14.2. The van der Waals surface area contributed by atoms with Crippen LogP contribution in [0.4, 0.5) is 11.4 Å². The average molecular weight is 248 g/mol. The maximum atomic E-state index is 11.6. The molecule has 1 aliphatic heterocycles. The number of hydrogen-bond acceptors (Lipinski definition) is 4. The van der Waals surface area contributed by atoms with E-state index in [9.17, 15) is 9.59 Å². The van der Waals surface area contributed by atoms with Crippen LogP contribution in [0.1, 0.15) is 13.8 Å². The first-order valence-electron chi connectivity index (χ1n) is 5.89. The lowest BCUT2D eigenvalue weighted by Crippen LogP contribution is -2.41. The van der Waals surface area contributed by atoms with Gasteiger partial charge in [0.1, 0.15) is 6.54 Å². The summed E-state index contributed by atoms with van der Waals surface area (Å²) >= 11 is 0. The Bertz CT molecular complexity index is 471. The minimum Gasteiger partial charge on any atom is -0.462 e. The van der Waals surface area contributed by atoms with Crippen LogP contribution in [0.15, 0.2) is 24.3 Å². The van der Waals surface area contributed by atoms with E-state index in [1.54, 1.807) is 18.7 Å². The lowest BCUT2D eigenvalue weighted by molar-refractivity contribution is -0.145. The number of nitrogens with one attached hydrogen (secondary N) is 1. The van der Waals surface area contributed by atoms with Crippen LogP contribution in [0.3, 0.4) is 0 Å². The van der Waals surface area contributed by atoms with Gasteiger partial charge < -0.3 is 15.0 Å². The van der Waals surface area contributed by atoms with E-state index in [4.69, 9.17) is 4.74 Å². The van der Waals surface area contributed by atoms with Crippen LogP contribution in [-0.2, 0) is 14.3 Å². The Morgan fingerprint density at radius 3 is 2.89 bits per heavy atom. The van der Waals surface area contributed by atoms with Crippen molar-refractivity contribution in [1.82, 2.24) is 0 Å². The molecule has 18 heavy (non-hydrogen) atoms. The van der Waals surface area contributed by atoms with Crippen molar-refractivity contribution in [1.29, 1.82) is 0 Å². The van der Waals surface area contributed by atoms with Crippen molar-refractivity contribution in [3.63, 3.8) is 0 Å². The molecule has 0 radical (unpaired) electrons. The summed E-state index contributed by atoms with van der Waals surface area (Å²) in [4.78, 5) is 24.9. The molecule has 1 amide bonds. The highest BCUT2D eigenvalue weighted by molar-refractivity contribution is 6.02. The van der Waals surface area contributed by atoms with Crippen LogP contribution in [0.5, 0.6) is 0 Å². The number of carbonyl (C=O) groups is 2. The standard InChI is InChI=1S/C13H16N2O3/c1-9(2)18-13(17)8-15-7-12(16)14-10-5-3-4-6-11(10)15/h3-6,9H,7-8H2,1-2H3,(H,14,16). The van der Waals surface area contributed by atoms with Crippen LogP contribution in [0.2, 0.25) is 0 Å². The van der Waals surface area contributed by atoms with Gasteiger partial charge in [-0.05, 0) is 26.0 Å². The van der Waals surface area contributed by atoms with Gasteiger partial charge in [0.15, 0.2) is 0 Å². The van der Waals surface area contributed by atoms with Crippen LogP contribution in [0.25, 0.3) is 0 Å². The number of rotatable bonds is 3. The topological polar surface area (TPSA) is 58.6 Å². The fourth-order valence-corrected chi connectivity index (χ4v) is 1.90. The highest BCUT2D eigenvalue weighted by Gasteiger charge is 2.23. The predicted molar refractivity (Wildman–Crippen MR) is 68.5 cm³/mol. The van der Waals surface area contributed by atoms with E-state index in [0.717, 1.165) is 11.4 Å². The van der Waals surface area contributed by atoms with Gasteiger partial charge in [-0.15, -0.1) is 0 Å². The molecule has 1 aromatic carbocycles. The van der Waals surface area contributed by atoms with Gasteiger partial charge >= 0.3 is 5.97 Å². The third-order valence-corrected chi connectivity index (χ3v) is 2.54. The second kappa shape index (κ2) is 5.08. The Morgan fingerprint density at radius 1 is 1.44 bits per heavy atom. The number of para-hydroxylation sites is 2. The van der Waals surface area contributed by atoms with Gasteiger partial charge in [0.05, 0.1) is 24.0 Å². The first kappa shape index (κ1) is 12.4. The predicted octanol–water partition coefficient (Wildman–Crippen LogP) is 1.40. The van der Waals surface area contributed by atoms with E-state index in [-0.39, 0.29) is 31.1 Å². The quantitative estimate of drug-likeness (QED) is 0.821. The number of hydrogen-bond donors (Lipinski definition) is 1. The molecule has 0 atom stereocenters. The number of esters is 1. The summed E-state index contributed by atoms with van der Waals surface area (Å²) < 4.78 is 5.09. The van der Waals surface area contributed by atoms with Crippen molar-refractivity contribution in [3.8, 4) is 0 Å². The number of carbonyl (C=O) groups excluding carboxylic acids is 2. The molecule has 5 heteroatoms. The van der Waals surface area contributed by atoms with E-state index >= 15 is 0 Å². The Balaban J connectivity index is 2.14. The van der Waals surface area contributed by atoms with Crippen LogP contribution in [0, 0.1) is 0 Å². The molecule has 0 saturated heterocycles. The van der Waals surface area contributed by atoms with E-state index in [2.05, 4.69) is 5.32 Å². The molecule has 1 aromatic rings. The van der Waals surface area contributed by atoms with E-state index < -0.39 is 0 Å². The van der Waals surface area contributed by atoms with Gasteiger partial charge in [0.2, 0.25) is 5.91 Å². The summed E-state index contributed by atoms with van der Waals surface area (Å²) in [5.74, 6) is -0.444. The van der Waals surface area contributed by atoms with Crippen LogP contribution < -0.4 is 10.2 Å². The molecule has 1 N–H and O–H groups in total. The maximum Gasteiger partial charge on any atom is 0.325 e. The Hall–Kier alpha value is -2.04. The van der Waals surface area contributed by atoms with Gasteiger partial charge in [0, 0.05) is 0 Å². The molecule has 0 saturated carbocycles. The third-order valence-electron chi connectivity index (χ3n) is 2.54. The summed E-state index contributed by atoms with van der Waals surface area (Å²) in [5.41, 5.74) is 1.57. The first-order chi connectivity index (χ1) is 8.56. The monoisotopic (exact) mass is 248 g/mol. The lowest BCUT2D eigenvalue weighted by atomic mass is 10.2. The van der Waals surface area contributed by atoms with Crippen molar-refractivity contribution in [3.05, 3.63) is 24.3 Å². The number of anilines is 2. The number of fused-ring (bicyclic) bond motifs is 1. The van der Waals surface area contributed by atoms with Gasteiger partial charge in [-0.25, -0.2) is 0 Å².